The van der Waals surface area contributed by atoms with Crippen LogP contribution in [0, 0.1) is 0 Å². The molecule has 0 unspecified atom stereocenters. The molecule has 0 aliphatic heterocycles. The quantitative estimate of drug-likeness (QED) is 0.512. The molecule has 0 bridgehead atoms. The zero-order valence-corrected chi connectivity index (χ0v) is 15.9. The fraction of sp³-hybridized carbons (Fsp3) is 0.400. The molecule has 0 atom stereocenters. The first-order valence-electron chi connectivity index (χ1n) is 9.20. The first kappa shape index (κ1) is 19.9. The Kier molecular flexibility index (Phi) is 7.12. The number of hydrogen-bond donors (Lipinski definition) is 4. The van der Waals surface area contributed by atoms with E-state index in [9.17, 15) is 0 Å². The van der Waals surface area contributed by atoms with E-state index in [-0.39, 0.29) is 0 Å². The Balaban J connectivity index is 2.12. The summed E-state index contributed by atoms with van der Waals surface area (Å²) in [6.07, 6.45) is 0. The van der Waals surface area contributed by atoms with Gasteiger partial charge in [-0.05, 0) is 61.4 Å². The minimum absolute atomic E-state index is 0.450. The van der Waals surface area contributed by atoms with E-state index in [1.807, 2.05) is 12.1 Å². The van der Waals surface area contributed by atoms with Crippen molar-refractivity contribution in [3.8, 4) is 0 Å². The van der Waals surface area contributed by atoms with Gasteiger partial charge in [-0.15, -0.1) is 0 Å². The minimum atomic E-state index is 0.450. The highest BCUT2D eigenvalue weighted by atomic mass is 15.2. The van der Waals surface area contributed by atoms with Crippen molar-refractivity contribution in [1.29, 1.82) is 0 Å². The lowest BCUT2D eigenvalue weighted by atomic mass is 10.1. The Hall–Kier alpha value is -2.44. The van der Waals surface area contributed by atoms with E-state index in [4.69, 9.17) is 22.9 Å². The maximum Gasteiger partial charge on any atom is 0.0371 e. The van der Waals surface area contributed by atoms with Crippen molar-refractivity contribution in [2.45, 2.75) is 26.9 Å². The molecule has 0 aliphatic carbocycles. The average molecular weight is 357 g/mol. The van der Waals surface area contributed by atoms with E-state index in [2.05, 4.69) is 47.9 Å². The molecule has 0 radical (unpaired) electrons. The van der Waals surface area contributed by atoms with Gasteiger partial charge in [0, 0.05) is 62.0 Å². The van der Waals surface area contributed by atoms with Crippen molar-refractivity contribution in [3.05, 3.63) is 47.5 Å². The van der Waals surface area contributed by atoms with E-state index in [1.54, 1.807) is 0 Å². The van der Waals surface area contributed by atoms with Gasteiger partial charge in [0.25, 0.3) is 0 Å². The van der Waals surface area contributed by atoms with Gasteiger partial charge in [0.1, 0.15) is 0 Å². The summed E-state index contributed by atoms with van der Waals surface area (Å²) in [5.74, 6) is 0. The van der Waals surface area contributed by atoms with Crippen molar-refractivity contribution in [1.82, 2.24) is 0 Å². The van der Waals surface area contributed by atoms with E-state index < -0.39 is 0 Å². The first-order valence-corrected chi connectivity index (χ1v) is 9.20. The topological polar surface area (TPSA) is 111 Å². The molecule has 0 saturated heterocycles. The Labute approximate surface area is 156 Å². The number of benzene rings is 2. The van der Waals surface area contributed by atoms with Crippen LogP contribution in [0.1, 0.15) is 25.0 Å². The van der Waals surface area contributed by atoms with Gasteiger partial charge in [-0.3, -0.25) is 0 Å². The number of rotatable bonds is 9. The van der Waals surface area contributed by atoms with Gasteiger partial charge >= 0.3 is 0 Å². The van der Waals surface area contributed by atoms with Crippen molar-refractivity contribution in [2.24, 2.45) is 11.5 Å². The van der Waals surface area contributed by atoms with Crippen LogP contribution in [0.15, 0.2) is 36.4 Å². The minimum Gasteiger partial charge on any atom is -0.398 e. The highest BCUT2D eigenvalue weighted by Gasteiger charge is 2.11. The maximum atomic E-state index is 5.97. The molecule has 0 fully saturated rings. The highest BCUT2D eigenvalue weighted by molar-refractivity contribution is 5.60. The maximum absolute atomic E-state index is 5.97. The van der Waals surface area contributed by atoms with E-state index in [0.717, 1.165) is 60.1 Å². The van der Waals surface area contributed by atoms with Crippen LogP contribution in [-0.2, 0) is 13.1 Å². The van der Waals surface area contributed by atoms with Gasteiger partial charge < -0.3 is 32.7 Å². The van der Waals surface area contributed by atoms with Crippen LogP contribution in [0.4, 0.5) is 22.7 Å². The predicted octanol–water partition coefficient (Wildman–Crippen LogP) is 2.12. The van der Waals surface area contributed by atoms with Crippen molar-refractivity contribution >= 4 is 22.7 Å². The summed E-state index contributed by atoms with van der Waals surface area (Å²) in [6.45, 7) is 8.86. The molecular formula is C20H32N6. The molecule has 142 valence electrons. The zero-order chi connectivity index (χ0) is 19.1. The second kappa shape index (κ2) is 9.31. The molecule has 8 N–H and O–H groups in total. The fourth-order valence-electron chi connectivity index (χ4n) is 3.11. The van der Waals surface area contributed by atoms with Crippen LogP contribution in [-0.4, -0.2) is 26.2 Å². The number of nitrogens with zero attached hydrogens (tertiary/aromatic N) is 2. The number of hydrogen-bond acceptors (Lipinski definition) is 6. The molecule has 26 heavy (non-hydrogen) atoms. The van der Waals surface area contributed by atoms with Crippen molar-refractivity contribution < 1.29 is 0 Å². The Morgan fingerprint density at radius 1 is 0.692 bits per heavy atom. The third-order valence-corrected chi connectivity index (χ3v) is 4.83. The Morgan fingerprint density at radius 2 is 1.08 bits per heavy atom. The lowest BCUT2D eigenvalue weighted by Gasteiger charge is -2.30. The lowest BCUT2D eigenvalue weighted by Crippen LogP contribution is -2.35. The summed E-state index contributed by atoms with van der Waals surface area (Å²) in [5.41, 5.74) is 29.3. The van der Waals surface area contributed by atoms with E-state index in [0.29, 0.717) is 13.1 Å². The molecule has 0 heterocycles. The summed E-state index contributed by atoms with van der Waals surface area (Å²) in [5, 5.41) is 0. The summed E-state index contributed by atoms with van der Waals surface area (Å²) in [4.78, 5) is 4.67. The lowest BCUT2D eigenvalue weighted by molar-refractivity contribution is 0.753. The van der Waals surface area contributed by atoms with E-state index in [1.165, 1.54) is 0 Å². The average Bonchev–Trinajstić information content (AvgIpc) is 2.67. The fourth-order valence-corrected chi connectivity index (χ4v) is 3.11. The van der Waals surface area contributed by atoms with Crippen LogP contribution >= 0.6 is 0 Å². The molecule has 0 amide bonds. The molecule has 2 aromatic rings. The SMILES string of the molecule is CCN(CCN(CC)c1ccc(N)c(CN)c1)c1ccc(N)c(CN)c1. The molecule has 2 rings (SSSR count). The zero-order valence-electron chi connectivity index (χ0n) is 15.9. The standard InChI is InChI=1S/C20H32N6/c1-3-25(17-5-7-19(23)15(11-17)13-21)9-10-26(4-2)18-6-8-20(24)16(12-18)14-22/h5-8,11-12H,3-4,9-10,13-14,21-24H2,1-2H3. The van der Waals surface area contributed by atoms with Gasteiger partial charge in [-0.2, -0.15) is 0 Å². The highest BCUT2D eigenvalue weighted by Crippen LogP contribution is 2.23. The summed E-state index contributed by atoms with van der Waals surface area (Å²) < 4.78 is 0. The number of anilines is 4. The second-order valence-electron chi connectivity index (χ2n) is 6.33. The Morgan fingerprint density at radius 3 is 1.38 bits per heavy atom. The number of nitrogen functional groups attached to an aromatic ring is 2. The van der Waals surface area contributed by atoms with Gasteiger partial charge in [-0.1, -0.05) is 0 Å². The van der Waals surface area contributed by atoms with Gasteiger partial charge in [0.15, 0.2) is 0 Å². The first-order chi connectivity index (χ1) is 12.5. The van der Waals surface area contributed by atoms with Crippen LogP contribution in [0.2, 0.25) is 0 Å². The molecule has 6 heteroatoms. The second-order valence-corrected chi connectivity index (χ2v) is 6.33. The van der Waals surface area contributed by atoms with Crippen molar-refractivity contribution in [3.63, 3.8) is 0 Å². The van der Waals surface area contributed by atoms with E-state index >= 15 is 0 Å². The monoisotopic (exact) mass is 356 g/mol. The summed E-state index contributed by atoms with van der Waals surface area (Å²) in [6, 6.07) is 12.2. The van der Waals surface area contributed by atoms with Gasteiger partial charge in [0.05, 0.1) is 0 Å². The van der Waals surface area contributed by atoms with Crippen LogP contribution in [0.5, 0.6) is 0 Å². The van der Waals surface area contributed by atoms with Crippen molar-refractivity contribution in [2.75, 3.05) is 47.4 Å². The largest absolute Gasteiger partial charge is 0.398 e. The molecule has 0 aromatic heterocycles. The molecular weight excluding hydrogens is 324 g/mol. The van der Waals surface area contributed by atoms with Gasteiger partial charge in [0.2, 0.25) is 0 Å². The normalized spacial score (nSPS) is 10.8. The predicted molar refractivity (Wildman–Crippen MR) is 113 cm³/mol. The molecule has 2 aromatic carbocycles. The van der Waals surface area contributed by atoms with Crippen LogP contribution in [0.3, 0.4) is 0 Å². The van der Waals surface area contributed by atoms with Crippen LogP contribution in [0.25, 0.3) is 0 Å². The third kappa shape index (κ3) is 4.59. The molecule has 0 saturated carbocycles. The molecule has 6 nitrogen and oxygen atoms in total. The molecule has 0 spiro atoms. The number of likely N-dealkylation sites (N-methyl/N-ethyl adjacent to an activating group) is 2. The third-order valence-electron chi connectivity index (χ3n) is 4.83. The molecule has 0 aliphatic rings. The summed E-state index contributed by atoms with van der Waals surface area (Å²) >= 11 is 0. The van der Waals surface area contributed by atoms with Gasteiger partial charge in [-0.25, -0.2) is 0 Å². The Bertz CT molecular complexity index is 654. The number of nitrogens with two attached hydrogens (primary N) is 4. The van der Waals surface area contributed by atoms with Crippen LogP contribution < -0.4 is 32.7 Å². The summed E-state index contributed by atoms with van der Waals surface area (Å²) in [7, 11) is 0. The smallest absolute Gasteiger partial charge is 0.0371 e.